The molecule has 2 aliphatic rings. The van der Waals surface area contributed by atoms with E-state index in [1.54, 1.807) is 0 Å². The van der Waals surface area contributed by atoms with Crippen LogP contribution in [0.1, 0.15) is 38.5 Å². The predicted octanol–water partition coefficient (Wildman–Crippen LogP) is 1.75. The second kappa shape index (κ2) is 5.78. The monoisotopic (exact) mass is 225 g/mol. The number of carbonyl (C=O) groups excluding carboxylic acids is 1. The lowest BCUT2D eigenvalue weighted by molar-refractivity contribution is -0.132. The van der Waals surface area contributed by atoms with E-state index < -0.39 is 0 Å². The first-order chi connectivity index (χ1) is 7.81. The van der Waals surface area contributed by atoms with Crippen LogP contribution in [0.3, 0.4) is 0 Å². The molecule has 0 aromatic heterocycles. The van der Waals surface area contributed by atoms with Gasteiger partial charge in [-0.15, -0.1) is 0 Å². The minimum absolute atomic E-state index is 0.188. The van der Waals surface area contributed by atoms with E-state index in [4.69, 9.17) is 10.5 Å². The molecule has 0 aromatic carbocycles. The van der Waals surface area contributed by atoms with Gasteiger partial charge in [-0.05, 0) is 51.0 Å². The molecular weight excluding hydrogens is 202 g/mol. The van der Waals surface area contributed by atoms with Gasteiger partial charge < -0.3 is 10.5 Å². The zero-order chi connectivity index (χ0) is 11.4. The second-order valence-electron chi connectivity index (χ2n) is 5.27. The van der Waals surface area contributed by atoms with Crippen LogP contribution in [-0.4, -0.2) is 25.5 Å². The summed E-state index contributed by atoms with van der Waals surface area (Å²) < 4.78 is 5.40. The standard InChI is InChI=1S/C13H23NO2/c14-8-10-3-5-11(6-4-10)13(15)12-2-1-7-16-9-12/h10-12H,1-9,14H2. The van der Waals surface area contributed by atoms with Crippen molar-refractivity contribution in [2.45, 2.75) is 38.5 Å². The smallest absolute Gasteiger partial charge is 0.141 e. The molecule has 3 heteroatoms. The maximum atomic E-state index is 12.2. The van der Waals surface area contributed by atoms with Crippen molar-refractivity contribution in [3.05, 3.63) is 0 Å². The van der Waals surface area contributed by atoms with Gasteiger partial charge in [-0.1, -0.05) is 0 Å². The van der Waals surface area contributed by atoms with E-state index in [2.05, 4.69) is 0 Å². The van der Waals surface area contributed by atoms with Gasteiger partial charge in [-0.3, -0.25) is 4.79 Å². The fraction of sp³-hybridized carbons (Fsp3) is 0.923. The SMILES string of the molecule is NCC1CCC(C(=O)C2CCCOC2)CC1. The summed E-state index contributed by atoms with van der Waals surface area (Å²) in [6, 6.07) is 0. The maximum absolute atomic E-state index is 12.2. The number of ether oxygens (including phenoxy) is 1. The zero-order valence-corrected chi connectivity index (χ0v) is 9.99. The third-order valence-electron chi connectivity index (χ3n) is 4.15. The Balaban J connectivity index is 1.81. The molecule has 1 heterocycles. The lowest BCUT2D eigenvalue weighted by Gasteiger charge is -2.30. The summed E-state index contributed by atoms with van der Waals surface area (Å²) in [5, 5.41) is 0. The fourth-order valence-electron chi connectivity index (χ4n) is 2.98. The topological polar surface area (TPSA) is 52.3 Å². The van der Waals surface area contributed by atoms with Crippen LogP contribution in [-0.2, 0) is 9.53 Å². The van der Waals surface area contributed by atoms with Crippen molar-refractivity contribution in [2.24, 2.45) is 23.5 Å². The third kappa shape index (κ3) is 2.83. The third-order valence-corrected chi connectivity index (χ3v) is 4.15. The molecule has 1 unspecified atom stereocenters. The van der Waals surface area contributed by atoms with E-state index in [9.17, 15) is 4.79 Å². The van der Waals surface area contributed by atoms with Crippen molar-refractivity contribution in [1.29, 1.82) is 0 Å². The van der Waals surface area contributed by atoms with Crippen LogP contribution >= 0.6 is 0 Å². The summed E-state index contributed by atoms with van der Waals surface area (Å²) in [6.07, 6.45) is 6.47. The minimum Gasteiger partial charge on any atom is -0.381 e. The molecule has 1 aliphatic heterocycles. The Bertz CT molecular complexity index is 228. The van der Waals surface area contributed by atoms with E-state index in [0.717, 1.165) is 51.7 Å². The number of rotatable bonds is 3. The Labute approximate surface area is 97.7 Å². The fourth-order valence-corrected chi connectivity index (χ4v) is 2.98. The van der Waals surface area contributed by atoms with Gasteiger partial charge in [0.2, 0.25) is 0 Å². The highest BCUT2D eigenvalue weighted by molar-refractivity contribution is 5.83. The summed E-state index contributed by atoms with van der Waals surface area (Å²) in [4.78, 5) is 12.2. The summed E-state index contributed by atoms with van der Waals surface area (Å²) in [6.45, 7) is 2.28. The predicted molar refractivity (Wildman–Crippen MR) is 63.1 cm³/mol. The van der Waals surface area contributed by atoms with Crippen molar-refractivity contribution in [3.8, 4) is 0 Å². The van der Waals surface area contributed by atoms with Crippen molar-refractivity contribution in [2.75, 3.05) is 19.8 Å². The average molecular weight is 225 g/mol. The molecule has 1 aliphatic carbocycles. The Morgan fingerprint density at radius 2 is 1.88 bits per heavy atom. The molecule has 2 rings (SSSR count). The maximum Gasteiger partial charge on any atom is 0.141 e. The Morgan fingerprint density at radius 1 is 1.12 bits per heavy atom. The van der Waals surface area contributed by atoms with Gasteiger partial charge >= 0.3 is 0 Å². The molecule has 0 radical (unpaired) electrons. The summed E-state index contributed by atoms with van der Waals surface area (Å²) in [7, 11) is 0. The number of carbonyl (C=O) groups is 1. The van der Waals surface area contributed by atoms with Crippen LogP contribution in [0.25, 0.3) is 0 Å². The van der Waals surface area contributed by atoms with Gasteiger partial charge in [0.25, 0.3) is 0 Å². The van der Waals surface area contributed by atoms with Crippen LogP contribution in [0, 0.1) is 17.8 Å². The number of ketones is 1. The average Bonchev–Trinajstić information content (AvgIpc) is 2.39. The van der Waals surface area contributed by atoms with Gasteiger partial charge in [-0.2, -0.15) is 0 Å². The van der Waals surface area contributed by atoms with E-state index >= 15 is 0 Å². The van der Waals surface area contributed by atoms with Crippen LogP contribution in [0.2, 0.25) is 0 Å². The largest absolute Gasteiger partial charge is 0.381 e. The molecule has 1 saturated heterocycles. The number of nitrogens with two attached hydrogens (primary N) is 1. The van der Waals surface area contributed by atoms with Crippen LogP contribution in [0.15, 0.2) is 0 Å². The molecule has 0 spiro atoms. The van der Waals surface area contributed by atoms with Crippen LogP contribution in [0.5, 0.6) is 0 Å². The molecule has 16 heavy (non-hydrogen) atoms. The number of hydrogen-bond donors (Lipinski definition) is 1. The Kier molecular flexibility index (Phi) is 4.36. The van der Waals surface area contributed by atoms with Crippen molar-refractivity contribution in [3.63, 3.8) is 0 Å². The molecule has 0 amide bonds. The quantitative estimate of drug-likeness (QED) is 0.796. The summed E-state index contributed by atoms with van der Waals surface area (Å²) >= 11 is 0. The first kappa shape index (κ1) is 12.1. The summed E-state index contributed by atoms with van der Waals surface area (Å²) in [5.74, 6) is 1.62. The molecular formula is C13H23NO2. The van der Waals surface area contributed by atoms with Gasteiger partial charge in [0.15, 0.2) is 0 Å². The van der Waals surface area contributed by atoms with Crippen molar-refractivity contribution in [1.82, 2.24) is 0 Å². The lowest BCUT2D eigenvalue weighted by atomic mass is 9.76. The van der Waals surface area contributed by atoms with Gasteiger partial charge in [-0.25, -0.2) is 0 Å². The van der Waals surface area contributed by atoms with Crippen LogP contribution in [0.4, 0.5) is 0 Å². The lowest BCUT2D eigenvalue weighted by Crippen LogP contribution is -2.33. The zero-order valence-electron chi connectivity index (χ0n) is 9.99. The molecule has 1 atom stereocenters. The number of Topliss-reactive ketones (excluding diaryl/α,β-unsaturated/α-hetero) is 1. The molecule has 1 saturated carbocycles. The van der Waals surface area contributed by atoms with Crippen molar-refractivity contribution >= 4 is 5.78 Å². The molecule has 3 nitrogen and oxygen atoms in total. The van der Waals surface area contributed by atoms with Crippen molar-refractivity contribution < 1.29 is 9.53 Å². The van der Waals surface area contributed by atoms with E-state index in [1.807, 2.05) is 0 Å². The first-order valence-electron chi connectivity index (χ1n) is 6.62. The van der Waals surface area contributed by atoms with E-state index in [1.165, 1.54) is 0 Å². The Morgan fingerprint density at radius 3 is 2.44 bits per heavy atom. The van der Waals surface area contributed by atoms with E-state index in [0.29, 0.717) is 24.2 Å². The molecule has 92 valence electrons. The van der Waals surface area contributed by atoms with Gasteiger partial charge in [0.05, 0.1) is 6.61 Å². The molecule has 0 bridgehead atoms. The highest BCUT2D eigenvalue weighted by atomic mass is 16.5. The molecule has 2 fully saturated rings. The normalized spacial score (nSPS) is 35.9. The highest BCUT2D eigenvalue weighted by Gasteiger charge is 2.31. The second-order valence-corrected chi connectivity index (χ2v) is 5.27. The summed E-state index contributed by atoms with van der Waals surface area (Å²) in [5.41, 5.74) is 5.66. The van der Waals surface area contributed by atoms with Gasteiger partial charge in [0, 0.05) is 18.4 Å². The highest BCUT2D eigenvalue weighted by Crippen LogP contribution is 2.31. The van der Waals surface area contributed by atoms with E-state index in [-0.39, 0.29) is 5.92 Å². The van der Waals surface area contributed by atoms with Crippen LogP contribution < -0.4 is 5.73 Å². The number of hydrogen-bond acceptors (Lipinski definition) is 3. The molecule has 2 N–H and O–H groups in total. The first-order valence-corrected chi connectivity index (χ1v) is 6.62. The van der Waals surface area contributed by atoms with Gasteiger partial charge in [0.1, 0.15) is 5.78 Å². The minimum atomic E-state index is 0.188. The molecule has 0 aromatic rings. The Hall–Kier alpha value is -0.410.